The fraction of sp³-hybridized carbons (Fsp3) is 0.429. The van der Waals surface area contributed by atoms with Gasteiger partial charge in [0, 0.05) is 17.6 Å². The number of hydrogen-bond donors (Lipinski definition) is 1. The first-order chi connectivity index (χ1) is 14.4. The monoisotopic (exact) mass is 421 g/mol. The summed E-state index contributed by atoms with van der Waals surface area (Å²) >= 11 is 1.76. The number of hydrogen-bond acceptors (Lipinski definition) is 2. The lowest BCUT2D eigenvalue weighted by Gasteiger charge is -2.23. The number of aryl methyl sites for hydroxylation is 3. The fourth-order valence-corrected chi connectivity index (χ4v) is 4.84. The lowest BCUT2D eigenvalue weighted by atomic mass is 9.83. The Kier molecular flexibility index (Phi) is 9.30. The predicted octanol–water partition coefficient (Wildman–Crippen LogP) is 8.66. The predicted molar refractivity (Wildman–Crippen MR) is 139 cm³/mol. The van der Waals surface area contributed by atoms with Crippen LogP contribution in [0.1, 0.15) is 79.8 Å². The van der Waals surface area contributed by atoms with Gasteiger partial charge in [-0.15, -0.1) is 0 Å². The van der Waals surface area contributed by atoms with E-state index in [4.69, 9.17) is 0 Å². The Morgan fingerprint density at radius 3 is 2.60 bits per heavy atom. The van der Waals surface area contributed by atoms with Crippen molar-refractivity contribution in [2.24, 2.45) is 0 Å². The molecule has 0 amide bonds. The van der Waals surface area contributed by atoms with Crippen molar-refractivity contribution in [3.8, 4) is 0 Å². The number of fused-ring (bicyclic) bond motifs is 1. The second-order valence-electron chi connectivity index (χ2n) is 8.23. The molecular formula is C28H39NS. The molecular weight excluding hydrogens is 382 g/mol. The van der Waals surface area contributed by atoms with E-state index in [0.29, 0.717) is 5.92 Å². The van der Waals surface area contributed by atoms with E-state index in [9.17, 15) is 0 Å². The molecule has 0 fully saturated rings. The van der Waals surface area contributed by atoms with Gasteiger partial charge in [-0.3, -0.25) is 0 Å². The fourth-order valence-electron chi connectivity index (χ4n) is 4.15. The molecule has 0 unspecified atom stereocenters. The first kappa shape index (κ1) is 24.3. The second kappa shape index (κ2) is 11.5. The van der Waals surface area contributed by atoms with Crippen molar-refractivity contribution < 1.29 is 0 Å². The molecule has 0 aromatic heterocycles. The Bertz CT molecular complexity index is 907. The Labute approximate surface area is 189 Å². The molecule has 0 spiro atoms. The highest BCUT2D eigenvalue weighted by Gasteiger charge is 2.16. The van der Waals surface area contributed by atoms with Crippen LogP contribution in [0.3, 0.4) is 0 Å². The SMILES string of the molecule is C=C(S/C=C(\C)Cc1cc(C)c(NC)cc1C)c1ccc2c(c1)CCC[C@@H]2C.CC. The van der Waals surface area contributed by atoms with Gasteiger partial charge in [-0.2, -0.15) is 0 Å². The Balaban J connectivity index is 0.00000155. The Hall–Kier alpha value is -1.93. The van der Waals surface area contributed by atoms with Gasteiger partial charge in [0.15, 0.2) is 0 Å². The summed E-state index contributed by atoms with van der Waals surface area (Å²) in [6.45, 7) is 17.3. The van der Waals surface area contributed by atoms with Crippen LogP contribution in [0.15, 0.2) is 47.9 Å². The van der Waals surface area contributed by atoms with Crippen molar-refractivity contribution in [2.45, 2.75) is 73.1 Å². The first-order valence-corrected chi connectivity index (χ1v) is 12.2. The molecule has 2 aromatic carbocycles. The zero-order valence-corrected chi connectivity index (χ0v) is 20.8. The molecule has 3 rings (SSSR count). The number of nitrogens with one attached hydrogen (secondary N) is 1. The van der Waals surface area contributed by atoms with Crippen LogP contribution in [0, 0.1) is 13.8 Å². The number of thioether (sulfide) groups is 1. The van der Waals surface area contributed by atoms with E-state index >= 15 is 0 Å². The Morgan fingerprint density at radius 2 is 1.90 bits per heavy atom. The van der Waals surface area contributed by atoms with Gasteiger partial charge >= 0.3 is 0 Å². The van der Waals surface area contributed by atoms with E-state index in [1.54, 1.807) is 11.8 Å². The number of benzene rings is 2. The molecule has 0 bridgehead atoms. The molecule has 2 heteroatoms. The van der Waals surface area contributed by atoms with Gasteiger partial charge in [0.05, 0.1) is 0 Å². The van der Waals surface area contributed by atoms with Crippen LogP contribution in [-0.4, -0.2) is 7.05 Å². The minimum Gasteiger partial charge on any atom is -0.388 e. The van der Waals surface area contributed by atoms with Crippen LogP contribution >= 0.6 is 11.8 Å². The van der Waals surface area contributed by atoms with Crippen molar-refractivity contribution in [3.63, 3.8) is 0 Å². The second-order valence-corrected chi connectivity index (χ2v) is 9.20. The molecule has 1 aliphatic carbocycles. The van der Waals surface area contributed by atoms with Crippen molar-refractivity contribution >= 4 is 22.4 Å². The summed E-state index contributed by atoms with van der Waals surface area (Å²) in [5.74, 6) is 0.696. The van der Waals surface area contributed by atoms with E-state index in [1.807, 2.05) is 20.9 Å². The van der Waals surface area contributed by atoms with Gasteiger partial charge < -0.3 is 5.32 Å². The minimum absolute atomic E-state index is 0.696. The van der Waals surface area contributed by atoms with Gasteiger partial charge in [-0.25, -0.2) is 0 Å². The molecule has 0 heterocycles. The van der Waals surface area contributed by atoms with Crippen molar-refractivity contribution in [3.05, 3.63) is 81.3 Å². The molecule has 1 N–H and O–H groups in total. The third-order valence-electron chi connectivity index (χ3n) is 5.90. The standard InChI is InChI=1S/C26H33NS.C2H6/c1-17(12-24-13-20(4)26(27-6)14-19(24)3)16-28-21(5)22-10-11-25-18(2)8-7-9-23(25)15-22;1-2/h10-11,13-16,18,27H,5,7-9,12H2,1-4,6H3;1-2H3/b17-16+;/t18-;/m0./s1. The van der Waals surface area contributed by atoms with Crippen molar-refractivity contribution in [1.29, 1.82) is 0 Å². The maximum Gasteiger partial charge on any atom is 0.0370 e. The lowest BCUT2D eigenvalue weighted by molar-refractivity contribution is 0.590. The zero-order valence-electron chi connectivity index (χ0n) is 20.0. The van der Waals surface area contributed by atoms with Gasteiger partial charge in [0.1, 0.15) is 0 Å². The summed E-state index contributed by atoms with van der Waals surface area (Å²) in [6.07, 6.45) is 4.82. The number of allylic oxidation sites excluding steroid dienone is 1. The molecule has 0 aliphatic heterocycles. The molecule has 1 nitrogen and oxygen atoms in total. The maximum absolute atomic E-state index is 4.34. The normalized spacial score (nSPS) is 15.7. The number of rotatable bonds is 6. The lowest BCUT2D eigenvalue weighted by Crippen LogP contribution is -2.07. The van der Waals surface area contributed by atoms with E-state index in [0.717, 1.165) is 11.3 Å². The quantitative estimate of drug-likeness (QED) is 0.500. The van der Waals surface area contributed by atoms with E-state index < -0.39 is 0 Å². The smallest absolute Gasteiger partial charge is 0.0370 e. The van der Waals surface area contributed by atoms with Gasteiger partial charge in [0.25, 0.3) is 0 Å². The molecule has 1 aliphatic rings. The third-order valence-corrected chi connectivity index (χ3v) is 6.94. The van der Waals surface area contributed by atoms with E-state index in [-0.39, 0.29) is 0 Å². The van der Waals surface area contributed by atoms with Gasteiger partial charge in [-0.1, -0.05) is 69.0 Å². The summed E-state index contributed by atoms with van der Waals surface area (Å²) in [7, 11) is 1.98. The molecule has 0 saturated carbocycles. The molecule has 2 aromatic rings. The van der Waals surface area contributed by atoms with Crippen LogP contribution in [0.4, 0.5) is 5.69 Å². The van der Waals surface area contributed by atoms with Gasteiger partial charge in [-0.05, 0) is 97.2 Å². The van der Waals surface area contributed by atoms with Crippen LogP contribution in [-0.2, 0) is 12.8 Å². The van der Waals surface area contributed by atoms with Crippen molar-refractivity contribution in [2.75, 3.05) is 12.4 Å². The summed E-state index contributed by atoms with van der Waals surface area (Å²) in [5, 5.41) is 5.54. The molecule has 1 atom stereocenters. The van der Waals surface area contributed by atoms with Crippen LogP contribution in [0.2, 0.25) is 0 Å². The summed E-state index contributed by atoms with van der Waals surface area (Å²) in [5.41, 5.74) is 11.0. The average molecular weight is 422 g/mol. The average Bonchev–Trinajstić information content (AvgIpc) is 2.75. The maximum atomic E-state index is 4.34. The topological polar surface area (TPSA) is 12.0 Å². The highest BCUT2D eigenvalue weighted by Crippen LogP contribution is 2.35. The van der Waals surface area contributed by atoms with E-state index in [2.05, 4.69) is 75.3 Å². The van der Waals surface area contributed by atoms with Crippen LogP contribution < -0.4 is 5.32 Å². The summed E-state index contributed by atoms with van der Waals surface area (Å²) in [6, 6.07) is 11.5. The highest BCUT2D eigenvalue weighted by molar-refractivity contribution is 8.10. The third kappa shape index (κ3) is 6.04. The molecule has 162 valence electrons. The van der Waals surface area contributed by atoms with Crippen LogP contribution in [0.25, 0.3) is 4.91 Å². The van der Waals surface area contributed by atoms with Gasteiger partial charge in [0.2, 0.25) is 0 Å². The minimum atomic E-state index is 0.696. The first-order valence-electron chi connectivity index (χ1n) is 11.3. The summed E-state index contributed by atoms with van der Waals surface area (Å²) < 4.78 is 0. The largest absolute Gasteiger partial charge is 0.388 e. The summed E-state index contributed by atoms with van der Waals surface area (Å²) in [4.78, 5) is 1.14. The Morgan fingerprint density at radius 1 is 1.17 bits per heavy atom. The molecule has 30 heavy (non-hydrogen) atoms. The molecule has 0 saturated heterocycles. The number of anilines is 1. The highest BCUT2D eigenvalue weighted by atomic mass is 32.2. The zero-order chi connectivity index (χ0) is 22.3. The van der Waals surface area contributed by atoms with Crippen molar-refractivity contribution in [1.82, 2.24) is 0 Å². The van der Waals surface area contributed by atoms with Crippen LogP contribution in [0.5, 0.6) is 0 Å². The molecule has 0 radical (unpaired) electrons. The van der Waals surface area contributed by atoms with E-state index in [1.165, 1.54) is 63.9 Å².